The largest absolute Gasteiger partial charge is 0.490 e. The van der Waals surface area contributed by atoms with Gasteiger partial charge in [-0.05, 0) is 64.9 Å². The van der Waals surface area contributed by atoms with Gasteiger partial charge in [0.05, 0.1) is 0 Å². The molecule has 3 aromatic carbocycles. The lowest BCUT2D eigenvalue weighted by Gasteiger charge is -2.25. The van der Waals surface area contributed by atoms with E-state index in [2.05, 4.69) is 61.5 Å². The number of hydrogen-bond acceptors (Lipinski definition) is 3. The van der Waals surface area contributed by atoms with Gasteiger partial charge in [-0.1, -0.05) is 74.0 Å². The van der Waals surface area contributed by atoms with E-state index in [1.165, 1.54) is 27.8 Å². The number of carbonyl (C=O) groups excluding carboxylic acids is 1. The predicted octanol–water partition coefficient (Wildman–Crippen LogP) is 5.95. The Labute approximate surface area is 196 Å². The Bertz CT molecular complexity index is 1090. The Morgan fingerprint density at radius 1 is 0.879 bits per heavy atom. The topological polar surface area (TPSA) is 61.6 Å². The van der Waals surface area contributed by atoms with Crippen LogP contribution in [0.3, 0.4) is 0 Å². The number of benzene rings is 3. The summed E-state index contributed by atoms with van der Waals surface area (Å²) in [5.41, 5.74) is 12.9. The molecule has 0 bridgehead atoms. The van der Waals surface area contributed by atoms with Gasteiger partial charge in [-0.15, -0.1) is 0 Å². The Balaban J connectivity index is 1.49. The molecule has 33 heavy (non-hydrogen) atoms. The second kappa shape index (κ2) is 10.5. The summed E-state index contributed by atoms with van der Waals surface area (Å²) in [5, 5.41) is 0. The van der Waals surface area contributed by atoms with E-state index in [9.17, 15) is 4.79 Å². The maximum atomic E-state index is 12.0. The molecule has 0 saturated heterocycles. The first-order valence-electron chi connectivity index (χ1n) is 11.7. The van der Waals surface area contributed by atoms with Crippen LogP contribution in [0.15, 0.2) is 78.9 Å². The number of primary amides is 1. The molecule has 0 fully saturated rings. The second-order valence-corrected chi connectivity index (χ2v) is 8.26. The molecular weight excluding hydrogens is 410 g/mol. The van der Waals surface area contributed by atoms with E-state index in [4.69, 9.17) is 15.2 Å². The molecule has 1 aliphatic rings. The molecule has 0 aromatic heterocycles. The van der Waals surface area contributed by atoms with Crippen LogP contribution in [0.25, 0.3) is 16.7 Å². The maximum Gasteiger partial charge on any atom is 0.247 e. The zero-order valence-electron chi connectivity index (χ0n) is 19.3. The number of amides is 1. The molecule has 0 radical (unpaired) electrons. The second-order valence-electron chi connectivity index (χ2n) is 8.26. The van der Waals surface area contributed by atoms with Crippen LogP contribution in [0.1, 0.15) is 49.3 Å². The minimum Gasteiger partial charge on any atom is -0.490 e. The van der Waals surface area contributed by atoms with Crippen LogP contribution in [0.2, 0.25) is 0 Å². The number of ether oxygens (including phenoxy) is 2. The van der Waals surface area contributed by atoms with Gasteiger partial charge in [-0.3, -0.25) is 4.79 Å². The number of rotatable bonds is 10. The molecule has 0 heterocycles. The van der Waals surface area contributed by atoms with Crippen molar-refractivity contribution in [2.24, 2.45) is 5.73 Å². The summed E-state index contributed by atoms with van der Waals surface area (Å²) in [6.45, 7) is 4.90. The first-order chi connectivity index (χ1) is 16.1. The van der Waals surface area contributed by atoms with Crippen molar-refractivity contribution in [3.05, 3.63) is 95.6 Å². The highest BCUT2D eigenvalue weighted by atomic mass is 16.5. The van der Waals surface area contributed by atoms with E-state index in [0.29, 0.717) is 13.2 Å². The molecule has 2 atom stereocenters. The maximum absolute atomic E-state index is 12.0. The average Bonchev–Trinajstić information content (AvgIpc) is 3.16. The smallest absolute Gasteiger partial charge is 0.247 e. The van der Waals surface area contributed by atoms with Crippen molar-refractivity contribution in [3.8, 4) is 16.9 Å². The fraction of sp³-hybridized carbons (Fsp3) is 0.276. The lowest BCUT2D eigenvalue weighted by molar-refractivity contribution is -0.130. The molecule has 2 unspecified atom stereocenters. The Morgan fingerprint density at radius 2 is 1.45 bits per heavy atom. The van der Waals surface area contributed by atoms with Crippen molar-refractivity contribution < 1.29 is 14.3 Å². The molecule has 3 aromatic rings. The molecule has 0 spiro atoms. The average molecular weight is 442 g/mol. The third-order valence-corrected chi connectivity index (χ3v) is 6.16. The van der Waals surface area contributed by atoms with Crippen LogP contribution in [0, 0.1) is 0 Å². The molecular formula is C29H31NO3. The van der Waals surface area contributed by atoms with Crippen LogP contribution in [0.4, 0.5) is 0 Å². The summed E-state index contributed by atoms with van der Waals surface area (Å²) in [6.07, 6.45) is 3.31. The van der Waals surface area contributed by atoms with E-state index in [1.54, 1.807) is 0 Å². The minimum absolute atomic E-state index is 0.0601. The van der Waals surface area contributed by atoms with Gasteiger partial charge in [0.2, 0.25) is 5.91 Å². The summed E-state index contributed by atoms with van der Waals surface area (Å²) in [5.74, 6) is 0.312. The summed E-state index contributed by atoms with van der Waals surface area (Å²) in [7, 11) is 0. The van der Waals surface area contributed by atoms with E-state index in [-0.39, 0.29) is 5.92 Å². The normalized spacial score (nSPS) is 13.7. The number of fused-ring (bicyclic) bond motifs is 3. The van der Waals surface area contributed by atoms with E-state index >= 15 is 0 Å². The third kappa shape index (κ3) is 4.86. The van der Waals surface area contributed by atoms with E-state index in [1.807, 2.05) is 31.2 Å². The monoisotopic (exact) mass is 441 g/mol. The van der Waals surface area contributed by atoms with E-state index < -0.39 is 12.0 Å². The lowest BCUT2D eigenvalue weighted by Crippen LogP contribution is -2.36. The summed E-state index contributed by atoms with van der Waals surface area (Å²) >= 11 is 0. The van der Waals surface area contributed by atoms with Crippen molar-refractivity contribution >= 4 is 11.5 Å². The minimum atomic E-state index is -0.617. The molecule has 170 valence electrons. The third-order valence-electron chi connectivity index (χ3n) is 6.16. The number of carbonyl (C=O) groups is 1. The van der Waals surface area contributed by atoms with Crippen molar-refractivity contribution in [1.82, 2.24) is 0 Å². The molecule has 0 saturated carbocycles. The number of nitrogens with two attached hydrogens (primary N) is 1. The predicted molar refractivity (Wildman–Crippen MR) is 133 cm³/mol. The SMILES string of the molecule is CCCC(c1ccc(OCC=C2c3ccccc3-c3ccccc32)cc1)C(OCC)C(N)=O. The number of hydrogen-bond donors (Lipinski definition) is 1. The molecule has 0 aliphatic heterocycles. The van der Waals surface area contributed by atoms with Crippen molar-refractivity contribution in [2.45, 2.75) is 38.7 Å². The highest BCUT2D eigenvalue weighted by Crippen LogP contribution is 2.43. The molecule has 1 aliphatic carbocycles. The summed E-state index contributed by atoms with van der Waals surface area (Å²) in [4.78, 5) is 12.0. The van der Waals surface area contributed by atoms with Gasteiger partial charge < -0.3 is 15.2 Å². The van der Waals surface area contributed by atoms with Crippen molar-refractivity contribution in [2.75, 3.05) is 13.2 Å². The van der Waals surface area contributed by atoms with Crippen molar-refractivity contribution in [3.63, 3.8) is 0 Å². The van der Waals surface area contributed by atoms with Gasteiger partial charge >= 0.3 is 0 Å². The van der Waals surface area contributed by atoms with Gasteiger partial charge in [0.1, 0.15) is 18.5 Å². The van der Waals surface area contributed by atoms with Crippen LogP contribution in [-0.2, 0) is 9.53 Å². The Hall–Kier alpha value is -3.37. The molecule has 1 amide bonds. The zero-order chi connectivity index (χ0) is 23.2. The van der Waals surface area contributed by atoms with Gasteiger partial charge in [0.15, 0.2) is 0 Å². The fourth-order valence-corrected chi connectivity index (χ4v) is 4.68. The molecule has 4 rings (SSSR count). The standard InChI is InChI=1S/C29H31NO3/c1-3-9-22(28(29(30)31)32-4-2)20-14-16-21(17-15-20)33-19-18-27-25-12-7-5-10-23(25)24-11-6-8-13-26(24)27/h5-8,10-18,22,28H,3-4,9,19H2,1-2H3,(H2,30,31). The van der Waals surface area contributed by atoms with Crippen LogP contribution < -0.4 is 10.5 Å². The summed E-state index contributed by atoms with van der Waals surface area (Å²) < 4.78 is 11.7. The molecule has 4 nitrogen and oxygen atoms in total. The summed E-state index contributed by atoms with van der Waals surface area (Å²) in [6, 6.07) is 24.9. The van der Waals surface area contributed by atoms with Gasteiger partial charge in [0.25, 0.3) is 0 Å². The van der Waals surface area contributed by atoms with Gasteiger partial charge in [-0.25, -0.2) is 0 Å². The Kier molecular flexibility index (Phi) is 7.26. The van der Waals surface area contributed by atoms with E-state index in [0.717, 1.165) is 24.2 Å². The van der Waals surface area contributed by atoms with Gasteiger partial charge in [-0.2, -0.15) is 0 Å². The highest BCUT2D eigenvalue weighted by Gasteiger charge is 2.28. The first kappa shape index (κ1) is 22.8. The van der Waals surface area contributed by atoms with Crippen LogP contribution >= 0.6 is 0 Å². The molecule has 4 heteroatoms. The van der Waals surface area contributed by atoms with Crippen LogP contribution in [0.5, 0.6) is 5.75 Å². The Morgan fingerprint density at radius 3 is 1.97 bits per heavy atom. The highest BCUT2D eigenvalue weighted by molar-refractivity contribution is 6.01. The fourth-order valence-electron chi connectivity index (χ4n) is 4.68. The lowest BCUT2D eigenvalue weighted by atomic mass is 9.88. The van der Waals surface area contributed by atoms with Gasteiger partial charge in [0, 0.05) is 12.5 Å². The van der Waals surface area contributed by atoms with Crippen molar-refractivity contribution in [1.29, 1.82) is 0 Å². The molecule has 2 N–H and O–H groups in total. The zero-order valence-corrected chi connectivity index (χ0v) is 19.3. The first-order valence-corrected chi connectivity index (χ1v) is 11.7. The quantitative estimate of drug-likeness (QED) is 0.331. The van der Waals surface area contributed by atoms with Crippen LogP contribution in [-0.4, -0.2) is 25.2 Å².